The van der Waals surface area contributed by atoms with E-state index >= 15 is 0 Å². The van der Waals surface area contributed by atoms with Gasteiger partial charge in [0.2, 0.25) is 0 Å². The Labute approximate surface area is 78.5 Å². The van der Waals surface area contributed by atoms with E-state index in [-0.39, 0.29) is 5.69 Å². The molecule has 0 saturated heterocycles. The number of hydrogen-bond donors (Lipinski definition) is 1. The van der Waals surface area contributed by atoms with Crippen molar-refractivity contribution in [3.05, 3.63) is 22.5 Å². The Hall–Kier alpha value is -1.36. The number of carboxylic acid groups (broad SMARTS) is 1. The lowest BCUT2D eigenvalue weighted by Crippen LogP contribution is -2.00. The summed E-state index contributed by atoms with van der Waals surface area (Å²) in [6.45, 7) is 3.70. The van der Waals surface area contributed by atoms with Crippen molar-refractivity contribution in [2.24, 2.45) is 0 Å². The first-order valence-electron chi connectivity index (χ1n) is 3.77. The number of rotatable bonds is 1. The summed E-state index contributed by atoms with van der Waals surface area (Å²) in [5.41, 5.74) is 1.87. The zero-order valence-corrected chi connectivity index (χ0v) is 8.05. The standard InChI is InChI=1S/C8H8N2O2S/c1-4-3-13-8-9-6(7(11)12)5(2)10(4)8/h3H,1-2H3,(H,11,12). The molecular weight excluding hydrogens is 188 g/mol. The molecule has 0 aromatic carbocycles. The van der Waals surface area contributed by atoms with Crippen molar-refractivity contribution in [3.8, 4) is 0 Å². The van der Waals surface area contributed by atoms with E-state index in [1.54, 1.807) is 6.92 Å². The molecule has 0 saturated carbocycles. The minimum absolute atomic E-state index is 0.148. The van der Waals surface area contributed by atoms with Crippen LogP contribution >= 0.6 is 11.3 Å². The predicted molar refractivity (Wildman–Crippen MR) is 49.5 cm³/mol. The first-order valence-corrected chi connectivity index (χ1v) is 4.65. The van der Waals surface area contributed by atoms with E-state index < -0.39 is 5.97 Å². The smallest absolute Gasteiger partial charge is 0.356 e. The highest BCUT2D eigenvalue weighted by Crippen LogP contribution is 2.19. The molecule has 0 unspecified atom stereocenters. The van der Waals surface area contributed by atoms with Gasteiger partial charge in [-0.15, -0.1) is 11.3 Å². The molecule has 0 aliphatic carbocycles. The van der Waals surface area contributed by atoms with Gasteiger partial charge in [-0.25, -0.2) is 9.78 Å². The molecule has 4 nitrogen and oxygen atoms in total. The Morgan fingerprint density at radius 3 is 2.85 bits per heavy atom. The van der Waals surface area contributed by atoms with Crippen LogP contribution in [0.5, 0.6) is 0 Å². The van der Waals surface area contributed by atoms with Crippen molar-refractivity contribution in [1.29, 1.82) is 0 Å². The summed E-state index contributed by atoms with van der Waals surface area (Å²) in [6.07, 6.45) is 0. The number of carboxylic acids is 1. The van der Waals surface area contributed by atoms with Gasteiger partial charge in [0.1, 0.15) is 0 Å². The van der Waals surface area contributed by atoms with Gasteiger partial charge >= 0.3 is 5.97 Å². The van der Waals surface area contributed by atoms with E-state index in [1.165, 1.54) is 11.3 Å². The molecule has 2 rings (SSSR count). The Balaban J connectivity index is 2.82. The minimum atomic E-state index is -0.965. The first kappa shape index (κ1) is 8.25. The van der Waals surface area contributed by atoms with Crippen LogP contribution in [0.1, 0.15) is 21.9 Å². The van der Waals surface area contributed by atoms with Crippen molar-refractivity contribution in [1.82, 2.24) is 9.38 Å². The molecule has 1 N–H and O–H groups in total. The quantitative estimate of drug-likeness (QED) is 0.755. The second kappa shape index (κ2) is 2.56. The van der Waals surface area contributed by atoms with Crippen LogP contribution in [0, 0.1) is 13.8 Å². The molecule has 0 spiro atoms. The zero-order valence-electron chi connectivity index (χ0n) is 7.24. The number of aromatic nitrogens is 2. The van der Waals surface area contributed by atoms with E-state index in [1.807, 2.05) is 16.7 Å². The number of thiazole rings is 1. The van der Waals surface area contributed by atoms with Crippen LogP contribution in [0.25, 0.3) is 4.96 Å². The molecule has 0 aliphatic rings. The second-order valence-electron chi connectivity index (χ2n) is 2.85. The van der Waals surface area contributed by atoms with Gasteiger partial charge in [-0.1, -0.05) is 0 Å². The SMILES string of the molecule is Cc1csc2nc(C(=O)O)c(C)n12. The van der Waals surface area contributed by atoms with Gasteiger partial charge in [-0.3, -0.25) is 4.40 Å². The lowest BCUT2D eigenvalue weighted by atomic mass is 10.3. The van der Waals surface area contributed by atoms with Gasteiger partial charge in [0.05, 0.1) is 5.69 Å². The number of fused-ring (bicyclic) bond motifs is 1. The van der Waals surface area contributed by atoms with E-state index in [2.05, 4.69) is 4.98 Å². The third kappa shape index (κ3) is 1.04. The fraction of sp³-hybridized carbons (Fsp3) is 0.250. The summed E-state index contributed by atoms with van der Waals surface area (Å²) < 4.78 is 1.86. The molecule has 2 heterocycles. The summed E-state index contributed by atoms with van der Waals surface area (Å²) in [7, 11) is 0. The maximum atomic E-state index is 10.7. The summed E-state index contributed by atoms with van der Waals surface area (Å²) in [5, 5.41) is 10.8. The summed E-state index contributed by atoms with van der Waals surface area (Å²) in [5.74, 6) is -0.965. The lowest BCUT2D eigenvalue weighted by molar-refractivity contribution is 0.0690. The van der Waals surface area contributed by atoms with E-state index in [4.69, 9.17) is 5.11 Å². The fourth-order valence-electron chi connectivity index (χ4n) is 1.36. The van der Waals surface area contributed by atoms with Crippen LogP contribution < -0.4 is 0 Å². The highest BCUT2D eigenvalue weighted by Gasteiger charge is 2.16. The average Bonchev–Trinajstić information content (AvgIpc) is 2.55. The molecule has 2 aromatic rings. The number of hydrogen-bond acceptors (Lipinski definition) is 3. The first-order chi connectivity index (χ1) is 6.11. The minimum Gasteiger partial charge on any atom is -0.476 e. The third-order valence-corrected chi connectivity index (χ3v) is 2.91. The molecule has 5 heteroatoms. The van der Waals surface area contributed by atoms with E-state index in [0.717, 1.165) is 10.7 Å². The molecule has 0 aliphatic heterocycles. The van der Waals surface area contributed by atoms with Crippen LogP contribution in [0.3, 0.4) is 0 Å². The van der Waals surface area contributed by atoms with Gasteiger partial charge in [-0.05, 0) is 13.8 Å². The third-order valence-electron chi connectivity index (χ3n) is 1.97. The van der Waals surface area contributed by atoms with Gasteiger partial charge in [0.15, 0.2) is 10.7 Å². The van der Waals surface area contributed by atoms with Crippen molar-refractivity contribution in [3.63, 3.8) is 0 Å². The van der Waals surface area contributed by atoms with Crippen LogP contribution in [-0.4, -0.2) is 20.5 Å². The zero-order chi connectivity index (χ0) is 9.59. The average molecular weight is 196 g/mol. The lowest BCUT2D eigenvalue weighted by Gasteiger charge is -1.93. The highest BCUT2D eigenvalue weighted by atomic mass is 32.1. The number of nitrogens with zero attached hydrogens (tertiary/aromatic N) is 2. The number of aryl methyl sites for hydroxylation is 2. The Morgan fingerprint density at radius 2 is 2.31 bits per heavy atom. The monoisotopic (exact) mass is 196 g/mol. The second-order valence-corrected chi connectivity index (χ2v) is 3.68. The van der Waals surface area contributed by atoms with Crippen molar-refractivity contribution in [2.75, 3.05) is 0 Å². The molecule has 2 aromatic heterocycles. The maximum absolute atomic E-state index is 10.7. The van der Waals surface area contributed by atoms with E-state index in [0.29, 0.717) is 5.69 Å². The number of aromatic carboxylic acids is 1. The molecule has 0 radical (unpaired) electrons. The molecule has 68 valence electrons. The number of carbonyl (C=O) groups is 1. The van der Waals surface area contributed by atoms with Gasteiger partial charge in [-0.2, -0.15) is 0 Å². The van der Waals surface area contributed by atoms with Gasteiger partial charge in [0.25, 0.3) is 0 Å². The van der Waals surface area contributed by atoms with Crippen LogP contribution in [-0.2, 0) is 0 Å². The van der Waals surface area contributed by atoms with E-state index in [9.17, 15) is 4.79 Å². The summed E-state index contributed by atoms with van der Waals surface area (Å²) >= 11 is 1.45. The molecule has 0 bridgehead atoms. The van der Waals surface area contributed by atoms with Crippen molar-refractivity contribution >= 4 is 22.3 Å². The number of imidazole rings is 1. The van der Waals surface area contributed by atoms with Crippen LogP contribution in [0.15, 0.2) is 5.38 Å². The Kier molecular flexibility index (Phi) is 1.63. The Morgan fingerprint density at radius 1 is 1.62 bits per heavy atom. The summed E-state index contributed by atoms with van der Waals surface area (Å²) in [4.78, 5) is 15.5. The molecule has 0 amide bonds. The topological polar surface area (TPSA) is 54.6 Å². The molecule has 0 atom stereocenters. The fourth-order valence-corrected chi connectivity index (χ4v) is 2.28. The van der Waals surface area contributed by atoms with Crippen LogP contribution in [0.2, 0.25) is 0 Å². The van der Waals surface area contributed by atoms with Crippen molar-refractivity contribution < 1.29 is 9.90 Å². The van der Waals surface area contributed by atoms with Gasteiger partial charge < -0.3 is 5.11 Å². The maximum Gasteiger partial charge on any atom is 0.356 e. The normalized spacial score (nSPS) is 10.9. The molecular formula is C8H8N2O2S. The molecule has 13 heavy (non-hydrogen) atoms. The highest BCUT2D eigenvalue weighted by molar-refractivity contribution is 7.15. The van der Waals surface area contributed by atoms with Crippen molar-refractivity contribution in [2.45, 2.75) is 13.8 Å². The largest absolute Gasteiger partial charge is 0.476 e. The van der Waals surface area contributed by atoms with Crippen LogP contribution in [0.4, 0.5) is 0 Å². The molecule has 0 fully saturated rings. The predicted octanol–water partition coefficient (Wildman–Crippen LogP) is 1.71. The summed E-state index contributed by atoms with van der Waals surface area (Å²) in [6, 6.07) is 0. The van der Waals surface area contributed by atoms with Gasteiger partial charge in [0, 0.05) is 11.1 Å². The Bertz CT molecular complexity index is 484.